The summed E-state index contributed by atoms with van der Waals surface area (Å²) in [5.41, 5.74) is -0.724. The highest BCUT2D eigenvalue weighted by Gasteiger charge is 2.33. The first-order valence-electron chi connectivity index (χ1n) is 7.10. The van der Waals surface area contributed by atoms with Crippen molar-refractivity contribution in [2.24, 2.45) is 0 Å². The second kappa shape index (κ2) is 6.51. The third kappa shape index (κ3) is 3.78. The van der Waals surface area contributed by atoms with E-state index in [1.165, 1.54) is 7.05 Å². The van der Waals surface area contributed by atoms with Crippen molar-refractivity contribution in [2.45, 2.75) is 37.9 Å². The van der Waals surface area contributed by atoms with E-state index in [1.54, 1.807) is 4.90 Å². The summed E-state index contributed by atoms with van der Waals surface area (Å²) in [5.74, 6) is 0.455. The molecular weight excluding hydrogens is 283 g/mol. The maximum atomic E-state index is 13.0. The lowest BCUT2D eigenvalue weighted by Gasteiger charge is -2.30. The highest BCUT2D eigenvalue weighted by atomic mass is 19.4. The van der Waals surface area contributed by atoms with E-state index in [-0.39, 0.29) is 24.3 Å². The lowest BCUT2D eigenvalue weighted by Crippen LogP contribution is -2.38. The summed E-state index contributed by atoms with van der Waals surface area (Å²) in [5, 5.41) is 12.2. The summed E-state index contributed by atoms with van der Waals surface area (Å²) in [7, 11) is 1.54. The molecule has 0 aromatic carbocycles. The van der Waals surface area contributed by atoms with Crippen molar-refractivity contribution in [1.29, 1.82) is 0 Å². The van der Waals surface area contributed by atoms with Gasteiger partial charge in [-0.3, -0.25) is 0 Å². The number of hydrogen-bond donors (Lipinski definition) is 2. The van der Waals surface area contributed by atoms with Crippen LogP contribution in [0.5, 0.6) is 0 Å². The molecule has 0 radical (unpaired) electrons. The van der Waals surface area contributed by atoms with E-state index in [4.69, 9.17) is 0 Å². The molecule has 0 bridgehead atoms. The second-order valence-corrected chi connectivity index (χ2v) is 5.23. The molecule has 1 aliphatic rings. The number of nitrogens with one attached hydrogen (secondary N) is 1. The predicted molar refractivity (Wildman–Crippen MR) is 75.5 cm³/mol. The van der Waals surface area contributed by atoms with E-state index < -0.39 is 11.7 Å². The van der Waals surface area contributed by atoms with Crippen molar-refractivity contribution in [1.82, 2.24) is 4.98 Å². The number of anilines is 2. The zero-order valence-corrected chi connectivity index (χ0v) is 12.0. The average Bonchev–Trinajstić information content (AvgIpc) is 2.70. The van der Waals surface area contributed by atoms with Gasteiger partial charge in [-0.15, -0.1) is 0 Å². The SMILES string of the molecule is CNc1cc(C(F)(F)F)cc(N2CCCCCC2CO)n1. The van der Waals surface area contributed by atoms with Crippen LogP contribution in [0.4, 0.5) is 24.8 Å². The van der Waals surface area contributed by atoms with Gasteiger partial charge in [-0.05, 0) is 25.0 Å². The maximum Gasteiger partial charge on any atom is 0.416 e. The van der Waals surface area contributed by atoms with Crippen molar-refractivity contribution in [2.75, 3.05) is 30.4 Å². The molecule has 1 unspecified atom stereocenters. The summed E-state index contributed by atoms with van der Waals surface area (Å²) in [6.45, 7) is 0.537. The van der Waals surface area contributed by atoms with Gasteiger partial charge in [0.2, 0.25) is 0 Å². The van der Waals surface area contributed by atoms with Gasteiger partial charge < -0.3 is 15.3 Å². The van der Waals surface area contributed by atoms with E-state index in [1.807, 2.05) is 0 Å². The number of aromatic nitrogens is 1. The van der Waals surface area contributed by atoms with Crippen LogP contribution >= 0.6 is 0 Å². The molecule has 0 saturated carbocycles. The topological polar surface area (TPSA) is 48.4 Å². The molecule has 2 heterocycles. The fourth-order valence-corrected chi connectivity index (χ4v) is 2.62. The molecule has 4 nitrogen and oxygen atoms in total. The fourth-order valence-electron chi connectivity index (χ4n) is 2.62. The molecule has 2 rings (SSSR count). The minimum Gasteiger partial charge on any atom is -0.394 e. The van der Waals surface area contributed by atoms with Crippen LogP contribution in [0.25, 0.3) is 0 Å². The van der Waals surface area contributed by atoms with E-state index in [0.717, 1.165) is 37.8 Å². The van der Waals surface area contributed by atoms with Crippen LogP contribution in [-0.2, 0) is 6.18 Å². The van der Waals surface area contributed by atoms with Gasteiger partial charge in [-0.1, -0.05) is 12.8 Å². The van der Waals surface area contributed by atoms with Crippen molar-refractivity contribution < 1.29 is 18.3 Å². The van der Waals surface area contributed by atoms with Crippen molar-refractivity contribution in [3.8, 4) is 0 Å². The van der Waals surface area contributed by atoms with Gasteiger partial charge in [0.1, 0.15) is 11.6 Å². The number of aliphatic hydroxyl groups excluding tert-OH is 1. The quantitative estimate of drug-likeness (QED) is 0.901. The molecule has 2 N–H and O–H groups in total. The zero-order valence-electron chi connectivity index (χ0n) is 12.0. The summed E-state index contributed by atoms with van der Waals surface area (Å²) in [4.78, 5) is 6.03. The second-order valence-electron chi connectivity index (χ2n) is 5.23. The Balaban J connectivity index is 2.40. The van der Waals surface area contributed by atoms with Gasteiger partial charge >= 0.3 is 6.18 Å². The Bertz CT molecular complexity index is 479. The number of pyridine rings is 1. The number of halogens is 3. The Kier molecular flexibility index (Phi) is 4.92. The first-order valence-corrected chi connectivity index (χ1v) is 7.10. The lowest BCUT2D eigenvalue weighted by atomic mass is 10.1. The summed E-state index contributed by atoms with van der Waals surface area (Å²) in [6.07, 6.45) is -0.763. The summed E-state index contributed by atoms with van der Waals surface area (Å²) in [6, 6.07) is 1.89. The zero-order chi connectivity index (χ0) is 15.5. The third-order valence-electron chi connectivity index (χ3n) is 3.78. The number of rotatable bonds is 3. The van der Waals surface area contributed by atoms with E-state index in [2.05, 4.69) is 10.3 Å². The van der Waals surface area contributed by atoms with Crippen LogP contribution in [-0.4, -0.2) is 36.3 Å². The van der Waals surface area contributed by atoms with Crippen LogP contribution in [0.3, 0.4) is 0 Å². The third-order valence-corrected chi connectivity index (χ3v) is 3.78. The number of aliphatic hydroxyl groups is 1. The molecule has 118 valence electrons. The summed E-state index contributed by atoms with van der Waals surface area (Å²) >= 11 is 0. The standard InChI is InChI=1S/C14H20F3N3O/c1-18-12-7-10(14(15,16)17)8-13(19-12)20-6-4-2-3-5-11(20)9-21/h7-8,11,21H,2-6,9H2,1H3,(H,18,19). The van der Waals surface area contributed by atoms with Crippen LogP contribution in [0.1, 0.15) is 31.2 Å². The first-order chi connectivity index (χ1) is 9.95. The van der Waals surface area contributed by atoms with Crippen LogP contribution in [0.2, 0.25) is 0 Å². The van der Waals surface area contributed by atoms with Crippen LogP contribution in [0, 0.1) is 0 Å². The normalized spacial score (nSPS) is 20.2. The Morgan fingerprint density at radius 3 is 2.71 bits per heavy atom. The van der Waals surface area contributed by atoms with Gasteiger partial charge in [0.15, 0.2) is 0 Å². The highest BCUT2D eigenvalue weighted by molar-refractivity contribution is 5.51. The minimum atomic E-state index is -4.41. The lowest BCUT2D eigenvalue weighted by molar-refractivity contribution is -0.137. The Labute approximate surface area is 122 Å². The molecule has 7 heteroatoms. The van der Waals surface area contributed by atoms with Crippen molar-refractivity contribution in [3.63, 3.8) is 0 Å². The molecule has 1 aromatic heterocycles. The molecule has 1 fully saturated rings. The number of nitrogens with zero attached hydrogens (tertiary/aromatic N) is 2. The molecule has 0 amide bonds. The van der Waals surface area contributed by atoms with Gasteiger partial charge in [0.25, 0.3) is 0 Å². The van der Waals surface area contributed by atoms with E-state index in [9.17, 15) is 18.3 Å². The summed E-state index contributed by atoms with van der Waals surface area (Å²) < 4.78 is 39.0. The number of alkyl halides is 3. The van der Waals surface area contributed by atoms with Gasteiger partial charge in [0, 0.05) is 13.6 Å². The van der Waals surface area contributed by atoms with E-state index in [0.29, 0.717) is 6.54 Å². The molecule has 0 aliphatic carbocycles. The van der Waals surface area contributed by atoms with Gasteiger partial charge in [0.05, 0.1) is 18.2 Å². The number of hydrogen-bond acceptors (Lipinski definition) is 4. The largest absolute Gasteiger partial charge is 0.416 e. The molecule has 0 spiro atoms. The molecule has 1 atom stereocenters. The van der Waals surface area contributed by atoms with Crippen LogP contribution < -0.4 is 10.2 Å². The predicted octanol–water partition coefficient (Wildman–Crippen LogP) is 2.88. The Morgan fingerprint density at radius 1 is 1.33 bits per heavy atom. The van der Waals surface area contributed by atoms with Crippen LogP contribution in [0.15, 0.2) is 12.1 Å². The van der Waals surface area contributed by atoms with Crippen molar-refractivity contribution in [3.05, 3.63) is 17.7 Å². The monoisotopic (exact) mass is 303 g/mol. The Hall–Kier alpha value is -1.50. The molecule has 1 saturated heterocycles. The average molecular weight is 303 g/mol. The minimum absolute atomic E-state index is 0.0766. The highest BCUT2D eigenvalue weighted by Crippen LogP contribution is 2.34. The Morgan fingerprint density at radius 2 is 2.10 bits per heavy atom. The van der Waals surface area contributed by atoms with Gasteiger partial charge in [-0.25, -0.2) is 4.98 Å². The molecule has 21 heavy (non-hydrogen) atoms. The fraction of sp³-hybridized carbons (Fsp3) is 0.643. The molecule has 1 aliphatic heterocycles. The maximum absolute atomic E-state index is 13.0. The molecule has 1 aromatic rings. The van der Waals surface area contributed by atoms with E-state index >= 15 is 0 Å². The van der Waals surface area contributed by atoms with Gasteiger partial charge in [-0.2, -0.15) is 13.2 Å². The molecular formula is C14H20F3N3O. The first kappa shape index (κ1) is 15.9. The van der Waals surface area contributed by atoms with Crippen molar-refractivity contribution >= 4 is 11.6 Å². The smallest absolute Gasteiger partial charge is 0.394 e.